The van der Waals surface area contributed by atoms with Crippen LogP contribution in [0.4, 0.5) is 5.69 Å². The number of nitrogens with one attached hydrogen (secondary N) is 1. The zero-order chi connectivity index (χ0) is 20.4. The molecule has 146 valence electrons. The molecular weight excluding hydrogens is 384 g/mol. The van der Waals surface area contributed by atoms with Gasteiger partial charge in [0, 0.05) is 5.02 Å². The average Bonchev–Trinajstić information content (AvgIpc) is 2.56. The summed E-state index contributed by atoms with van der Waals surface area (Å²) in [5, 5.41) is 3.30. The molecule has 1 N–H and O–H groups in total. The highest BCUT2D eigenvalue weighted by molar-refractivity contribution is 7.92. The summed E-state index contributed by atoms with van der Waals surface area (Å²) >= 11 is 5.99. The summed E-state index contributed by atoms with van der Waals surface area (Å²) in [6.45, 7) is 7.48. The number of aryl methyl sites for hydroxylation is 2. The first-order valence-electron chi connectivity index (χ1n) is 8.63. The number of amides is 1. The van der Waals surface area contributed by atoms with E-state index in [4.69, 9.17) is 11.6 Å². The summed E-state index contributed by atoms with van der Waals surface area (Å²) < 4.78 is 25.7. The Labute approximate surface area is 166 Å². The molecule has 2 rings (SSSR count). The van der Waals surface area contributed by atoms with E-state index in [0.29, 0.717) is 10.7 Å². The summed E-state index contributed by atoms with van der Waals surface area (Å²) in [4.78, 5) is 12.8. The van der Waals surface area contributed by atoms with Crippen LogP contribution in [0.25, 0.3) is 0 Å². The van der Waals surface area contributed by atoms with Crippen LogP contribution in [0.5, 0.6) is 0 Å². The lowest BCUT2D eigenvalue weighted by Gasteiger charge is -2.29. The Morgan fingerprint density at radius 3 is 2.30 bits per heavy atom. The molecule has 7 heteroatoms. The van der Waals surface area contributed by atoms with Crippen molar-refractivity contribution >= 4 is 33.2 Å². The van der Waals surface area contributed by atoms with Crippen molar-refractivity contribution in [1.29, 1.82) is 0 Å². The minimum Gasteiger partial charge on any atom is -0.348 e. The van der Waals surface area contributed by atoms with E-state index in [1.54, 1.807) is 25.1 Å². The van der Waals surface area contributed by atoms with Crippen LogP contribution < -0.4 is 9.62 Å². The Morgan fingerprint density at radius 1 is 1.07 bits per heavy atom. The number of anilines is 1. The Morgan fingerprint density at radius 2 is 1.74 bits per heavy atom. The van der Waals surface area contributed by atoms with Gasteiger partial charge in [0.05, 0.1) is 18.0 Å². The lowest BCUT2D eigenvalue weighted by molar-refractivity contribution is -0.122. The maximum absolute atomic E-state index is 12.8. The number of halogens is 1. The maximum atomic E-state index is 12.8. The molecule has 1 amide bonds. The zero-order valence-corrected chi connectivity index (χ0v) is 17.7. The van der Waals surface area contributed by atoms with Gasteiger partial charge in [0.15, 0.2) is 0 Å². The predicted molar refractivity (Wildman–Crippen MR) is 111 cm³/mol. The predicted octanol–water partition coefficient (Wildman–Crippen LogP) is 3.99. The fourth-order valence-electron chi connectivity index (χ4n) is 2.87. The van der Waals surface area contributed by atoms with E-state index in [2.05, 4.69) is 5.32 Å². The molecule has 0 saturated heterocycles. The molecule has 0 heterocycles. The van der Waals surface area contributed by atoms with Crippen molar-refractivity contribution in [3.63, 3.8) is 0 Å². The van der Waals surface area contributed by atoms with Crippen LogP contribution in [0.2, 0.25) is 5.02 Å². The van der Waals surface area contributed by atoms with Crippen LogP contribution in [0.1, 0.15) is 36.6 Å². The highest BCUT2D eigenvalue weighted by Gasteiger charge is 2.30. The smallest absolute Gasteiger partial charge is 0.244 e. The quantitative estimate of drug-likeness (QED) is 0.785. The molecule has 0 unspecified atom stereocenters. The topological polar surface area (TPSA) is 66.5 Å². The number of sulfonamides is 1. The third kappa shape index (κ3) is 5.23. The number of carbonyl (C=O) groups is 1. The maximum Gasteiger partial charge on any atom is 0.244 e. The first-order chi connectivity index (χ1) is 12.5. The van der Waals surface area contributed by atoms with Crippen molar-refractivity contribution in [3.05, 3.63) is 64.2 Å². The molecule has 0 aliphatic carbocycles. The second-order valence-corrected chi connectivity index (χ2v) is 9.08. The second kappa shape index (κ2) is 8.31. The van der Waals surface area contributed by atoms with Gasteiger partial charge in [-0.25, -0.2) is 8.42 Å². The van der Waals surface area contributed by atoms with E-state index in [-0.39, 0.29) is 11.9 Å². The van der Waals surface area contributed by atoms with E-state index >= 15 is 0 Å². The third-order valence-electron chi connectivity index (χ3n) is 4.54. The van der Waals surface area contributed by atoms with Gasteiger partial charge in [-0.3, -0.25) is 9.10 Å². The first-order valence-corrected chi connectivity index (χ1v) is 10.9. The molecule has 27 heavy (non-hydrogen) atoms. The molecular formula is C20H25ClN2O3S. The van der Waals surface area contributed by atoms with Gasteiger partial charge >= 0.3 is 0 Å². The van der Waals surface area contributed by atoms with Crippen LogP contribution in [0, 0.1) is 13.8 Å². The fourth-order valence-corrected chi connectivity index (χ4v) is 4.22. The number of benzene rings is 2. The molecule has 0 bridgehead atoms. The average molecular weight is 409 g/mol. The molecule has 2 atom stereocenters. The fraction of sp³-hybridized carbons (Fsp3) is 0.350. The van der Waals surface area contributed by atoms with Crippen LogP contribution in [-0.2, 0) is 14.8 Å². The summed E-state index contributed by atoms with van der Waals surface area (Å²) in [5.74, 6) is -0.383. The molecule has 0 saturated carbocycles. The van der Waals surface area contributed by atoms with Gasteiger partial charge in [-0.1, -0.05) is 35.9 Å². The SMILES string of the molecule is Cc1ccc([C@H](C)NC(=O)[C@@H](C)N(c2cccc(Cl)c2)S(C)(=O)=O)cc1C. The minimum atomic E-state index is -3.68. The molecule has 0 aliphatic heterocycles. The first kappa shape index (κ1) is 21.3. The Balaban J connectivity index is 2.25. The van der Waals surface area contributed by atoms with Gasteiger partial charge < -0.3 is 5.32 Å². The summed E-state index contributed by atoms with van der Waals surface area (Å²) in [6.07, 6.45) is 1.07. The monoisotopic (exact) mass is 408 g/mol. The van der Waals surface area contributed by atoms with Gasteiger partial charge in [-0.2, -0.15) is 0 Å². The Kier molecular flexibility index (Phi) is 6.54. The van der Waals surface area contributed by atoms with Gasteiger partial charge in [-0.15, -0.1) is 0 Å². The molecule has 0 spiro atoms. The zero-order valence-electron chi connectivity index (χ0n) is 16.2. The number of nitrogens with zero attached hydrogens (tertiary/aromatic N) is 1. The van der Waals surface area contributed by atoms with Crippen molar-refractivity contribution in [2.45, 2.75) is 39.8 Å². The van der Waals surface area contributed by atoms with E-state index in [0.717, 1.165) is 21.7 Å². The molecule has 5 nitrogen and oxygen atoms in total. The summed E-state index contributed by atoms with van der Waals surface area (Å²) in [6, 6.07) is 11.3. The van der Waals surface area contributed by atoms with Crippen molar-refractivity contribution in [1.82, 2.24) is 5.32 Å². The minimum absolute atomic E-state index is 0.250. The van der Waals surface area contributed by atoms with Crippen molar-refractivity contribution in [2.24, 2.45) is 0 Å². The van der Waals surface area contributed by atoms with Crippen molar-refractivity contribution in [2.75, 3.05) is 10.6 Å². The largest absolute Gasteiger partial charge is 0.348 e. The number of hydrogen-bond donors (Lipinski definition) is 1. The van der Waals surface area contributed by atoms with Crippen LogP contribution in [0.3, 0.4) is 0 Å². The highest BCUT2D eigenvalue weighted by Crippen LogP contribution is 2.25. The Bertz CT molecular complexity index is 944. The Hall–Kier alpha value is -2.05. The van der Waals surface area contributed by atoms with Gasteiger partial charge in [-0.05, 0) is 62.6 Å². The van der Waals surface area contributed by atoms with Gasteiger partial charge in [0.25, 0.3) is 0 Å². The summed E-state index contributed by atoms with van der Waals surface area (Å²) in [7, 11) is -3.68. The molecule has 0 radical (unpaired) electrons. The molecule has 2 aromatic carbocycles. The molecule has 0 aliphatic rings. The van der Waals surface area contributed by atoms with Gasteiger partial charge in [0.1, 0.15) is 6.04 Å². The van der Waals surface area contributed by atoms with Crippen LogP contribution >= 0.6 is 11.6 Å². The van der Waals surface area contributed by atoms with E-state index in [9.17, 15) is 13.2 Å². The second-order valence-electron chi connectivity index (χ2n) is 6.79. The van der Waals surface area contributed by atoms with E-state index in [1.165, 1.54) is 11.6 Å². The summed E-state index contributed by atoms with van der Waals surface area (Å²) in [5.41, 5.74) is 3.63. The van der Waals surface area contributed by atoms with E-state index < -0.39 is 16.1 Å². The van der Waals surface area contributed by atoms with Crippen LogP contribution in [0.15, 0.2) is 42.5 Å². The van der Waals surface area contributed by atoms with E-state index in [1.807, 2.05) is 39.0 Å². The van der Waals surface area contributed by atoms with Crippen LogP contribution in [-0.4, -0.2) is 26.6 Å². The normalized spacial score (nSPS) is 13.7. The molecule has 0 fully saturated rings. The molecule has 2 aromatic rings. The number of rotatable bonds is 6. The number of carbonyl (C=O) groups excluding carboxylic acids is 1. The van der Waals surface area contributed by atoms with Crippen molar-refractivity contribution in [3.8, 4) is 0 Å². The third-order valence-corrected chi connectivity index (χ3v) is 6.02. The molecule has 0 aromatic heterocycles. The lowest BCUT2D eigenvalue weighted by atomic mass is 10.0. The number of hydrogen-bond acceptors (Lipinski definition) is 3. The standard InChI is InChI=1S/C20H25ClN2O3S/c1-13-9-10-17(11-14(13)2)15(3)22-20(24)16(4)23(27(5,25)26)19-8-6-7-18(21)12-19/h6-12,15-16H,1-5H3,(H,22,24)/t15-,16+/m0/s1. The van der Waals surface area contributed by atoms with Gasteiger partial charge in [0.2, 0.25) is 15.9 Å². The highest BCUT2D eigenvalue weighted by atomic mass is 35.5. The van der Waals surface area contributed by atoms with Crippen molar-refractivity contribution < 1.29 is 13.2 Å². The lowest BCUT2D eigenvalue weighted by Crippen LogP contribution is -2.48.